The van der Waals surface area contributed by atoms with Crippen LogP contribution in [0.2, 0.25) is 5.02 Å². The number of benzene rings is 2. The van der Waals surface area contributed by atoms with E-state index in [0.717, 1.165) is 42.4 Å². The van der Waals surface area contributed by atoms with Crippen LogP contribution in [0.3, 0.4) is 0 Å². The highest BCUT2D eigenvalue weighted by molar-refractivity contribution is 7.91. The first kappa shape index (κ1) is 27.9. The van der Waals surface area contributed by atoms with Crippen molar-refractivity contribution in [2.45, 2.75) is 43.5 Å². The zero-order valence-corrected chi connectivity index (χ0v) is 23.0. The topological polar surface area (TPSA) is 96.9 Å². The Morgan fingerprint density at radius 3 is 2.42 bits per heavy atom. The number of anilines is 1. The fourth-order valence-electron chi connectivity index (χ4n) is 4.82. The highest BCUT2D eigenvalue weighted by Crippen LogP contribution is 2.25. The molecule has 0 bridgehead atoms. The van der Waals surface area contributed by atoms with Crippen LogP contribution in [0.5, 0.6) is 0 Å². The van der Waals surface area contributed by atoms with E-state index in [9.17, 15) is 18.0 Å². The third kappa shape index (κ3) is 7.02. The molecule has 0 atom stereocenters. The Bertz CT molecular complexity index is 1380. The number of nitrogens with zero attached hydrogens (tertiary/aromatic N) is 3. The third-order valence-electron chi connectivity index (χ3n) is 6.83. The molecule has 4 rings (SSSR count). The normalized spacial score (nSPS) is 14.4. The number of sulfone groups is 1. The van der Waals surface area contributed by atoms with Crippen LogP contribution in [-0.2, 0) is 24.2 Å². The van der Waals surface area contributed by atoms with E-state index >= 15 is 0 Å². The van der Waals surface area contributed by atoms with Crippen LogP contribution in [0.1, 0.15) is 32.6 Å². The summed E-state index contributed by atoms with van der Waals surface area (Å²) in [5, 5.41) is 2.18. The van der Waals surface area contributed by atoms with Gasteiger partial charge in [-0.15, -0.1) is 0 Å². The number of rotatable bonds is 10. The summed E-state index contributed by atoms with van der Waals surface area (Å²) in [5.74, 6) is -0.951. The minimum Gasteiger partial charge on any atom is -0.466 e. The third-order valence-corrected chi connectivity index (χ3v) is 8.78. The van der Waals surface area contributed by atoms with Gasteiger partial charge in [-0.3, -0.25) is 14.6 Å². The number of aromatic nitrogens is 1. The number of hydrogen-bond acceptors (Lipinski definition) is 7. The second-order valence-electron chi connectivity index (χ2n) is 9.29. The standard InChI is InChI=1S/C28H32ClN3O5S/c1-2-37-28(34)11-17-32(25-9-15-31(16-10-25)24-7-13-30-14-8-24)27(33)12-18-38(35,36)26-6-4-21-19-23(29)5-3-22(21)20-26/h3-8,13-14,19-20,25H,2,9-12,15-18H2,1H3. The molecule has 0 saturated carbocycles. The Morgan fingerprint density at radius 2 is 1.71 bits per heavy atom. The molecule has 202 valence electrons. The van der Waals surface area contributed by atoms with E-state index in [-0.39, 0.29) is 54.6 Å². The van der Waals surface area contributed by atoms with Gasteiger partial charge in [-0.2, -0.15) is 0 Å². The smallest absolute Gasteiger partial charge is 0.307 e. The molecule has 1 fully saturated rings. The molecule has 1 aliphatic heterocycles. The summed E-state index contributed by atoms with van der Waals surface area (Å²) in [6, 6.07) is 14.0. The van der Waals surface area contributed by atoms with Crippen LogP contribution in [0.4, 0.5) is 5.69 Å². The molecule has 0 spiro atoms. The van der Waals surface area contributed by atoms with Crippen LogP contribution >= 0.6 is 11.6 Å². The Balaban J connectivity index is 1.43. The Kier molecular flexibility index (Phi) is 9.22. The fraction of sp³-hybridized carbons (Fsp3) is 0.393. The average molecular weight is 558 g/mol. The van der Waals surface area contributed by atoms with Gasteiger partial charge in [0.05, 0.1) is 23.7 Å². The molecule has 8 nitrogen and oxygen atoms in total. The maximum Gasteiger partial charge on any atom is 0.307 e. The second-order valence-corrected chi connectivity index (χ2v) is 11.8. The number of fused-ring (bicyclic) bond motifs is 1. The number of halogens is 1. The van der Waals surface area contributed by atoms with Gasteiger partial charge < -0.3 is 14.5 Å². The van der Waals surface area contributed by atoms with Crippen molar-refractivity contribution in [3.05, 3.63) is 65.9 Å². The molecule has 1 amide bonds. The van der Waals surface area contributed by atoms with E-state index in [4.69, 9.17) is 16.3 Å². The van der Waals surface area contributed by atoms with E-state index < -0.39 is 9.84 Å². The van der Waals surface area contributed by atoms with Gasteiger partial charge >= 0.3 is 5.97 Å². The van der Waals surface area contributed by atoms with Gasteiger partial charge in [-0.1, -0.05) is 23.7 Å². The SMILES string of the molecule is CCOC(=O)CCN(C(=O)CCS(=O)(=O)c1ccc2cc(Cl)ccc2c1)C1CCN(c2ccncc2)CC1. The zero-order valence-electron chi connectivity index (χ0n) is 21.4. The Morgan fingerprint density at radius 1 is 1.03 bits per heavy atom. The van der Waals surface area contributed by atoms with Crippen molar-refractivity contribution >= 4 is 49.8 Å². The quantitative estimate of drug-likeness (QED) is 0.338. The Labute approximate surface area is 228 Å². The number of hydrogen-bond donors (Lipinski definition) is 0. The van der Waals surface area contributed by atoms with E-state index in [1.165, 1.54) is 0 Å². The monoisotopic (exact) mass is 557 g/mol. The highest BCUT2D eigenvalue weighted by Gasteiger charge is 2.29. The molecule has 0 aliphatic carbocycles. The number of carbonyl (C=O) groups excluding carboxylic acids is 2. The lowest BCUT2D eigenvalue weighted by Crippen LogP contribution is -2.48. The largest absolute Gasteiger partial charge is 0.466 e. The molecule has 2 heterocycles. The first-order valence-electron chi connectivity index (χ1n) is 12.8. The maximum atomic E-state index is 13.4. The molecule has 38 heavy (non-hydrogen) atoms. The van der Waals surface area contributed by atoms with Crippen molar-refractivity contribution in [2.24, 2.45) is 0 Å². The van der Waals surface area contributed by atoms with E-state index in [1.807, 2.05) is 12.1 Å². The molecular formula is C28H32ClN3O5S. The van der Waals surface area contributed by atoms with Crippen molar-refractivity contribution in [3.63, 3.8) is 0 Å². The van der Waals surface area contributed by atoms with E-state index in [0.29, 0.717) is 5.02 Å². The maximum absolute atomic E-state index is 13.4. The first-order valence-corrected chi connectivity index (χ1v) is 14.8. The molecular weight excluding hydrogens is 526 g/mol. The molecule has 1 aromatic heterocycles. The highest BCUT2D eigenvalue weighted by atomic mass is 35.5. The summed E-state index contributed by atoms with van der Waals surface area (Å²) >= 11 is 6.03. The summed E-state index contributed by atoms with van der Waals surface area (Å²) in [7, 11) is -3.69. The Hall–Kier alpha value is -3.17. The van der Waals surface area contributed by atoms with E-state index in [1.54, 1.807) is 60.6 Å². The number of ether oxygens (including phenoxy) is 1. The van der Waals surface area contributed by atoms with Gasteiger partial charge in [0.2, 0.25) is 5.91 Å². The summed E-state index contributed by atoms with van der Waals surface area (Å²) < 4.78 is 31.3. The molecule has 10 heteroatoms. The van der Waals surface area contributed by atoms with Crippen molar-refractivity contribution in [1.82, 2.24) is 9.88 Å². The molecule has 1 aliphatic rings. The van der Waals surface area contributed by atoms with Crippen LogP contribution in [0, 0.1) is 0 Å². The molecule has 0 unspecified atom stereocenters. The van der Waals surface area contributed by atoms with Crippen LogP contribution in [-0.4, -0.2) is 68.2 Å². The molecule has 0 radical (unpaired) electrons. The minimum atomic E-state index is -3.69. The fourth-order valence-corrected chi connectivity index (χ4v) is 6.26. The van der Waals surface area contributed by atoms with E-state index in [2.05, 4.69) is 9.88 Å². The van der Waals surface area contributed by atoms with Crippen LogP contribution in [0.25, 0.3) is 10.8 Å². The molecule has 3 aromatic rings. The van der Waals surface area contributed by atoms with Gasteiger partial charge in [0.15, 0.2) is 9.84 Å². The number of piperidine rings is 1. The zero-order chi connectivity index (χ0) is 27.1. The summed E-state index contributed by atoms with van der Waals surface area (Å²) in [5.41, 5.74) is 1.08. The van der Waals surface area contributed by atoms with Gasteiger partial charge in [0.25, 0.3) is 0 Å². The number of esters is 1. The minimum absolute atomic E-state index is 0.0735. The van der Waals surface area contributed by atoms with Crippen LogP contribution in [0.15, 0.2) is 65.8 Å². The van der Waals surface area contributed by atoms with Gasteiger partial charge in [-0.25, -0.2) is 8.42 Å². The summed E-state index contributed by atoms with van der Waals surface area (Å²) in [6.45, 7) is 3.71. The van der Waals surface area contributed by atoms with Crippen molar-refractivity contribution < 1.29 is 22.7 Å². The summed E-state index contributed by atoms with van der Waals surface area (Å²) in [4.78, 5) is 33.6. The lowest BCUT2D eigenvalue weighted by molar-refractivity contribution is -0.144. The van der Waals surface area contributed by atoms with Gasteiger partial charge in [0, 0.05) is 55.2 Å². The number of pyridine rings is 1. The molecule has 1 saturated heterocycles. The first-order chi connectivity index (χ1) is 18.3. The lowest BCUT2D eigenvalue weighted by Gasteiger charge is -2.39. The predicted octanol–water partition coefficient (Wildman–Crippen LogP) is 4.50. The molecule has 2 aromatic carbocycles. The second kappa shape index (κ2) is 12.6. The van der Waals surface area contributed by atoms with Crippen molar-refractivity contribution in [2.75, 3.05) is 36.9 Å². The van der Waals surface area contributed by atoms with Crippen LogP contribution < -0.4 is 4.90 Å². The van der Waals surface area contributed by atoms with Gasteiger partial charge in [0.1, 0.15) is 0 Å². The molecule has 0 N–H and O–H groups in total. The number of carbonyl (C=O) groups is 2. The summed E-state index contributed by atoms with van der Waals surface area (Å²) in [6.07, 6.45) is 4.86. The lowest BCUT2D eigenvalue weighted by atomic mass is 10.0. The average Bonchev–Trinajstić information content (AvgIpc) is 2.92. The predicted molar refractivity (Wildman–Crippen MR) is 148 cm³/mol. The van der Waals surface area contributed by atoms with Crippen molar-refractivity contribution in [3.8, 4) is 0 Å². The van der Waals surface area contributed by atoms with Gasteiger partial charge in [-0.05, 0) is 66.9 Å². The van der Waals surface area contributed by atoms with Crippen molar-refractivity contribution in [1.29, 1.82) is 0 Å². The number of amides is 1.